The second-order valence-corrected chi connectivity index (χ2v) is 5.40. The van der Waals surface area contributed by atoms with Crippen LogP contribution in [0.3, 0.4) is 0 Å². The van der Waals surface area contributed by atoms with Gasteiger partial charge in [0, 0.05) is 22.3 Å². The lowest BCUT2D eigenvalue weighted by Gasteiger charge is -2.12. The lowest BCUT2D eigenvalue weighted by Crippen LogP contribution is -2.03. The molecular formula is C15H14F2OS. The summed E-state index contributed by atoms with van der Waals surface area (Å²) in [5.74, 6) is -1.02. The van der Waals surface area contributed by atoms with Gasteiger partial charge in [0.05, 0.1) is 6.10 Å². The lowest BCUT2D eigenvalue weighted by atomic mass is 10.1. The average molecular weight is 280 g/mol. The first-order chi connectivity index (χ1) is 9.06. The number of hydrogen-bond donors (Lipinski definition) is 1. The molecule has 0 saturated heterocycles. The molecule has 2 rings (SSSR count). The highest BCUT2D eigenvalue weighted by Gasteiger charge is 2.13. The molecule has 0 radical (unpaired) electrons. The van der Waals surface area contributed by atoms with Crippen LogP contribution >= 0.6 is 11.8 Å². The minimum atomic E-state index is -0.953. The van der Waals surface area contributed by atoms with Crippen molar-refractivity contribution in [1.29, 1.82) is 0 Å². The third kappa shape index (κ3) is 3.78. The molecule has 0 aliphatic heterocycles. The van der Waals surface area contributed by atoms with Crippen molar-refractivity contribution in [3.05, 3.63) is 65.2 Å². The Kier molecular flexibility index (Phi) is 4.56. The van der Waals surface area contributed by atoms with Gasteiger partial charge in [-0.2, -0.15) is 0 Å². The summed E-state index contributed by atoms with van der Waals surface area (Å²) in [7, 11) is 0. The third-order valence-electron chi connectivity index (χ3n) is 2.72. The van der Waals surface area contributed by atoms with E-state index in [2.05, 4.69) is 0 Å². The van der Waals surface area contributed by atoms with E-state index in [1.54, 1.807) is 0 Å². The number of benzene rings is 2. The van der Waals surface area contributed by atoms with Crippen molar-refractivity contribution in [2.24, 2.45) is 0 Å². The van der Waals surface area contributed by atoms with Gasteiger partial charge in [-0.3, -0.25) is 0 Å². The summed E-state index contributed by atoms with van der Waals surface area (Å²) in [4.78, 5) is 1.02. The molecular weight excluding hydrogens is 266 g/mol. The standard InChI is InChI=1S/C15H14F2OS/c1-10-3-2-4-12(7-10)19-9-15(18)13-6-5-11(16)8-14(13)17/h2-8,15,18H,9H2,1H3. The maximum absolute atomic E-state index is 13.5. The van der Waals surface area contributed by atoms with Gasteiger partial charge in [0.2, 0.25) is 0 Å². The van der Waals surface area contributed by atoms with Gasteiger partial charge in [0.25, 0.3) is 0 Å². The third-order valence-corrected chi connectivity index (χ3v) is 3.79. The number of hydrogen-bond acceptors (Lipinski definition) is 2. The molecule has 0 heterocycles. The SMILES string of the molecule is Cc1cccc(SCC(O)c2ccc(F)cc2F)c1. The summed E-state index contributed by atoms with van der Waals surface area (Å²) in [5.41, 5.74) is 1.26. The number of aliphatic hydroxyl groups is 1. The van der Waals surface area contributed by atoms with Gasteiger partial charge < -0.3 is 5.11 Å². The van der Waals surface area contributed by atoms with Crippen LogP contribution < -0.4 is 0 Å². The number of aryl methyl sites for hydroxylation is 1. The van der Waals surface area contributed by atoms with Crippen LogP contribution in [0.15, 0.2) is 47.4 Å². The molecule has 0 aromatic heterocycles. The van der Waals surface area contributed by atoms with Crippen molar-refractivity contribution in [2.45, 2.75) is 17.9 Å². The van der Waals surface area contributed by atoms with Crippen LogP contribution in [0.5, 0.6) is 0 Å². The monoisotopic (exact) mass is 280 g/mol. The van der Waals surface area contributed by atoms with Gasteiger partial charge in [-0.25, -0.2) is 8.78 Å². The van der Waals surface area contributed by atoms with Crippen LogP contribution in [-0.4, -0.2) is 10.9 Å². The summed E-state index contributed by atoms with van der Waals surface area (Å²) in [5, 5.41) is 9.94. The van der Waals surface area contributed by atoms with Crippen molar-refractivity contribution in [1.82, 2.24) is 0 Å². The molecule has 19 heavy (non-hydrogen) atoms. The van der Waals surface area contributed by atoms with Crippen molar-refractivity contribution in [2.75, 3.05) is 5.75 Å². The summed E-state index contributed by atoms with van der Waals surface area (Å²) in [6.07, 6.45) is -0.953. The van der Waals surface area contributed by atoms with E-state index in [1.807, 2.05) is 31.2 Å². The predicted molar refractivity (Wildman–Crippen MR) is 73.2 cm³/mol. The molecule has 4 heteroatoms. The van der Waals surface area contributed by atoms with Crippen molar-refractivity contribution < 1.29 is 13.9 Å². The Morgan fingerprint density at radius 2 is 1.95 bits per heavy atom. The largest absolute Gasteiger partial charge is 0.387 e. The fourth-order valence-electron chi connectivity index (χ4n) is 1.74. The predicted octanol–water partition coefficient (Wildman–Crippen LogP) is 4.10. The molecule has 0 amide bonds. The highest BCUT2D eigenvalue weighted by atomic mass is 32.2. The summed E-state index contributed by atoms with van der Waals surface area (Å²) >= 11 is 1.44. The molecule has 0 saturated carbocycles. The number of halogens is 2. The van der Waals surface area contributed by atoms with Gasteiger partial charge in [-0.05, 0) is 25.1 Å². The Balaban J connectivity index is 2.03. The molecule has 0 aliphatic rings. The molecule has 0 spiro atoms. The fraction of sp³-hybridized carbons (Fsp3) is 0.200. The maximum Gasteiger partial charge on any atom is 0.131 e. The van der Waals surface area contributed by atoms with Crippen LogP contribution in [0, 0.1) is 18.6 Å². The van der Waals surface area contributed by atoms with Crippen molar-refractivity contribution >= 4 is 11.8 Å². The summed E-state index contributed by atoms with van der Waals surface area (Å²) < 4.78 is 26.3. The molecule has 2 aromatic rings. The molecule has 0 aliphatic carbocycles. The second-order valence-electron chi connectivity index (χ2n) is 4.31. The Morgan fingerprint density at radius 3 is 2.63 bits per heavy atom. The topological polar surface area (TPSA) is 20.2 Å². The molecule has 100 valence electrons. The zero-order chi connectivity index (χ0) is 13.8. The smallest absolute Gasteiger partial charge is 0.131 e. The molecule has 0 bridgehead atoms. The fourth-order valence-corrected chi connectivity index (χ4v) is 2.72. The maximum atomic E-state index is 13.5. The molecule has 1 nitrogen and oxygen atoms in total. The van der Waals surface area contributed by atoms with E-state index >= 15 is 0 Å². The zero-order valence-corrected chi connectivity index (χ0v) is 11.3. The van der Waals surface area contributed by atoms with Gasteiger partial charge in [0.15, 0.2) is 0 Å². The first kappa shape index (κ1) is 14.0. The van der Waals surface area contributed by atoms with Crippen LogP contribution in [0.1, 0.15) is 17.2 Å². The van der Waals surface area contributed by atoms with Gasteiger partial charge in [-0.15, -0.1) is 11.8 Å². The minimum absolute atomic E-state index is 0.126. The van der Waals surface area contributed by atoms with E-state index in [0.717, 1.165) is 22.6 Å². The minimum Gasteiger partial charge on any atom is -0.387 e. The van der Waals surface area contributed by atoms with Crippen LogP contribution in [0.2, 0.25) is 0 Å². The average Bonchev–Trinajstić information content (AvgIpc) is 2.36. The summed E-state index contributed by atoms with van der Waals surface area (Å²) in [6.45, 7) is 1.99. The molecule has 1 atom stereocenters. The van der Waals surface area contributed by atoms with E-state index in [4.69, 9.17) is 0 Å². The Hall–Kier alpha value is -1.39. The second kappa shape index (κ2) is 6.17. The molecule has 1 unspecified atom stereocenters. The van der Waals surface area contributed by atoms with E-state index in [9.17, 15) is 13.9 Å². The van der Waals surface area contributed by atoms with Crippen LogP contribution in [0.25, 0.3) is 0 Å². The molecule has 1 N–H and O–H groups in total. The number of thioether (sulfide) groups is 1. The highest BCUT2D eigenvalue weighted by Crippen LogP contribution is 2.26. The van der Waals surface area contributed by atoms with E-state index < -0.39 is 17.7 Å². The normalized spacial score (nSPS) is 12.4. The van der Waals surface area contributed by atoms with E-state index in [1.165, 1.54) is 17.8 Å². The number of aliphatic hydroxyl groups excluding tert-OH is 1. The quantitative estimate of drug-likeness (QED) is 0.851. The van der Waals surface area contributed by atoms with Crippen LogP contribution in [0.4, 0.5) is 8.78 Å². The number of rotatable bonds is 4. The zero-order valence-electron chi connectivity index (χ0n) is 10.4. The summed E-state index contributed by atoms with van der Waals surface area (Å²) in [6, 6.07) is 11.1. The van der Waals surface area contributed by atoms with E-state index in [-0.39, 0.29) is 5.56 Å². The Labute approximate surface area is 115 Å². The van der Waals surface area contributed by atoms with Gasteiger partial charge in [-0.1, -0.05) is 23.8 Å². The molecule has 2 aromatic carbocycles. The van der Waals surface area contributed by atoms with E-state index in [0.29, 0.717) is 5.75 Å². The van der Waals surface area contributed by atoms with Crippen molar-refractivity contribution in [3.8, 4) is 0 Å². The van der Waals surface area contributed by atoms with Crippen LogP contribution in [-0.2, 0) is 0 Å². The Bertz CT molecular complexity index is 572. The van der Waals surface area contributed by atoms with Gasteiger partial charge >= 0.3 is 0 Å². The lowest BCUT2D eigenvalue weighted by molar-refractivity contribution is 0.198. The van der Waals surface area contributed by atoms with Gasteiger partial charge in [0.1, 0.15) is 11.6 Å². The molecule has 0 fully saturated rings. The van der Waals surface area contributed by atoms with Crippen molar-refractivity contribution in [3.63, 3.8) is 0 Å². The first-order valence-corrected chi connectivity index (χ1v) is 6.87. The first-order valence-electron chi connectivity index (χ1n) is 5.89. The highest BCUT2D eigenvalue weighted by molar-refractivity contribution is 7.99. The Morgan fingerprint density at radius 1 is 1.16 bits per heavy atom.